The third kappa shape index (κ3) is 3.02. The van der Waals surface area contributed by atoms with Gasteiger partial charge in [0.1, 0.15) is 5.65 Å². The van der Waals surface area contributed by atoms with Gasteiger partial charge in [0.05, 0.1) is 10.6 Å². The second kappa shape index (κ2) is 6.52. The maximum Gasteiger partial charge on any atom is 0.255 e. The van der Waals surface area contributed by atoms with Crippen LogP contribution >= 0.6 is 11.6 Å². The summed E-state index contributed by atoms with van der Waals surface area (Å²) >= 11 is 6.26. The minimum absolute atomic E-state index is 0.0315. The van der Waals surface area contributed by atoms with Crippen molar-refractivity contribution >= 4 is 28.5 Å². The van der Waals surface area contributed by atoms with Crippen LogP contribution in [0.5, 0.6) is 0 Å². The Labute approximate surface area is 151 Å². The Morgan fingerprint density at radius 3 is 2.84 bits per heavy atom. The molecule has 25 heavy (non-hydrogen) atoms. The van der Waals surface area contributed by atoms with Gasteiger partial charge in [-0.05, 0) is 61.1 Å². The number of carbonyl (C=O) groups is 1. The van der Waals surface area contributed by atoms with Crippen molar-refractivity contribution in [2.45, 2.75) is 25.7 Å². The second-order valence-corrected chi connectivity index (χ2v) is 7.10. The minimum atomic E-state index is 0.0315. The first-order valence-corrected chi connectivity index (χ1v) is 8.98. The summed E-state index contributed by atoms with van der Waals surface area (Å²) < 4.78 is 0. The second-order valence-electron chi connectivity index (χ2n) is 6.69. The third-order valence-corrected chi connectivity index (χ3v) is 5.37. The molecule has 0 spiro atoms. The number of hydrogen-bond donors (Lipinski definition) is 1. The van der Waals surface area contributed by atoms with E-state index in [1.807, 2.05) is 36.1 Å². The van der Waals surface area contributed by atoms with Gasteiger partial charge in [-0.15, -0.1) is 0 Å². The van der Waals surface area contributed by atoms with Gasteiger partial charge in [-0.25, -0.2) is 4.98 Å². The van der Waals surface area contributed by atoms with Crippen molar-refractivity contribution in [3.05, 3.63) is 64.4 Å². The van der Waals surface area contributed by atoms with Crippen molar-refractivity contribution in [1.82, 2.24) is 14.9 Å². The normalized spacial score (nSPS) is 15.7. The highest BCUT2D eigenvalue weighted by atomic mass is 35.5. The summed E-state index contributed by atoms with van der Waals surface area (Å²) in [7, 11) is 0. The Bertz CT molecular complexity index is 926. The van der Waals surface area contributed by atoms with Crippen LogP contribution in [0.25, 0.3) is 11.0 Å². The molecular weight excluding hydrogens is 334 g/mol. The van der Waals surface area contributed by atoms with E-state index in [9.17, 15) is 4.79 Å². The number of aromatic amines is 1. The molecule has 128 valence electrons. The van der Waals surface area contributed by atoms with Gasteiger partial charge < -0.3 is 9.88 Å². The zero-order valence-corrected chi connectivity index (χ0v) is 14.9. The molecule has 0 aliphatic carbocycles. The molecule has 1 saturated heterocycles. The topological polar surface area (TPSA) is 49.0 Å². The summed E-state index contributed by atoms with van der Waals surface area (Å²) in [4.78, 5) is 22.3. The van der Waals surface area contributed by atoms with Gasteiger partial charge in [0.15, 0.2) is 0 Å². The van der Waals surface area contributed by atoms with Crippen LogP contribution in [0.1, 0.15) is 40.2 Å². The molecule has 1 N–H and O–H groups in total. The molecule has 3 aromatic rings. The van der Waals surface area contributed by atoms with Crippen molar-refractivity contribution in [3.8, 4) is 0 Å². The Kier molecular flexibility index (Phi) is 4.22. The number of rotatable bonds is 2. The van der Waals surface area contributed by atoms with Crippen molar-refractivity contribution in [3.63, 3.8) is 0 Å². The largest absolute Gasteiger partial charge is 0.346 e. The van der Waals surface area contributed by atoms with Crippen LogP contribution in [0.15, 0.2) is 42.7 Å². The van der Waals surface area contributed by atoms with Crippen LogP contribution < -0.4 is 0 Å². The minimum Gasteiger partial charge on any atom is -0.346 e. The van der Waals surface area contributed by atoms with Crippen LogP contribution in [0.2, 0.25) is 5.02 Å². The van der Waals surface area contributed by atoms with Crippen molar-refractivity contribution < 1.29 is 4.79 Å². The highest BCUT2D eigenvalue weighted by Crippen LogP contribution is 2.33. The smallest absolute Gasteiger partial charge is 0.255 e. The lowest BCUT2D eigenvalue weighted by Crippen LogP contribution is -2.38. The van der Waals surface area contributed by atoms with E-state index in [2.05, 4.69) is 22.2 Å². The Hall–Kier alpha value is -2.33. The number of likely N-dealkylation sites (tertiary alicyclic amines) is 1. The van der Waals surface area contributed by atoms with Crippen LogP contribution in [0, 0.1) is 6.92 Å². The summed E-state index contributed by atoms with van der Waals surface area (Å²) in [5.74, 6) is 0.486. The van der Waals surface area contributed by atoms with E-state index in [0.717, 1.165) is 37.1 Å². The number of piperidine rings is 1. The Morgan fingerprint density at radius 2 is 2.08 bits per heavy atom. The molecule has 1 amide bonds. The van der Waals surface area contributed by atoms with Gasteiger partial charge in [-0.1, -0.05) is 17.7 Å². The molecule has 1 aromatic carbocycles. The van der Waals surface area contributed by atoms with E-state index in [-0.39, 0.29) is 5.91 Å². The summed E-state index contributed by atoms with van der Waals surface area (Å²) in [5.41, 5.74) is 3.90. The molecule has 5 heteroatoms. The number of pyridine rings is 1. The highest BCUT2D eigenvalue weighted by molar-refractivity contribution is 6.33. The number of benzene rings is 1. The Balaban J connectivity index is 1.49. The van der Waals surface area contributed by atoms with E-state index in [1.54, 1.807) is 6.20 Å². The SMILES string of the molecule is Cc1ccc(C(=O)N2CCC(c3c[nH]c4ncccc34)CC2)c(Cl)c1. The summed E-state index contributed by atoms with van der Waals surface area (Å²) in [6.07, 6.45) is 5.78. The van der Waals surface area contributed by atoms with Gasteiger partial charge in [0.2, 0.25) is 0 Å². The first kappa shape index (κ1) is 16.2. The molecule has 1 fully saturated rings. The predicted octanol–water partition coefficient (Wildman–Crippen LogP) is 4.54. The molecule has 2 aromatic heterocycles. The molecule has 4 rings (SSSR count). The lowest BCUT2D eigenvalue weighted by Gasteiger charge is -2.32. The van der Waals surface area contributed by atoms with E-state index < -0.39 is 0 Å². The van der Waals surface area contributed by atoms with Gasteiger partial charge in [-0.2, -0.15) is 0 Å². The predicted molar refractivity (Wildman–Crippen MR) is 100 cm³/mol. The summed E-state index contributed by atoms with van der Waals surface area (Å²) in [6, 6.07) is 9.69. The van der Waals surface area contributed by atoms with Crippen LogP contribution in [-0.2, 0) is 0 Å². The summed E-state index contributed by atoms with van der Waals surface area (Å²) in [6.45, 7) is 3.48. The molecule has 0 radical (unpaired) electrons. The summed E-state index contributed by atoms with van der Waals surface area (Å²) in [5, 5.41) is 1.73. The fourth-order valence-electron chi connectivity index (χ4n) is 3.67. The van der Waals surface area contributed by atoms with Crippen molar-refractivity contribution in [2.24, 2.45) is 0 Å². The number of halogens is 1. The fourth-order valence-corrected chi connectivity index (χ4v) is 3.99. The highest BCUT2D eigenvalue weighted by Gasteiger charge is 2.27. The van der Waals surface area contributed by atoms with Gasteiger partial charge in [0, 0.05) is 30.9 Å². The maximum atomic E-state index is 12.8. The standard InChI is InChI=1S/C20H20ClN3O/c1-13-4-5-16(18(21)11-13)20(25)24-9-6-14(7-10-24)17-12-23-19-15(17)3-2-8-22-19/h2-5,8,11-12,14H,6-7,9-10H2,1H3,(H,22,23). The zero-order chi connectivity index (χ0) is 17.4. The molecular formula is C20H20ClN3O. The number of aromatic nitrogens is 2. The number of nitrogens with zero attached hydrogens (tertiary/aromatic N) is 2. The monoisotopic (exact) mass is 353 g/mol. The van der Waals surface area contributed by atoms with E-state index >= 15 is 0 Å². The average molecular weight is 354 g/mol. The molecule has 0 unspecified atom stereocenters. The van der Waals surface area contributed by atoms with E-state index in [1.165, 1.54) is 10.9 Å². The van der Waals surface area contributed by atoms with Crippen LogP contribution in [-0.4, -0.2) is 33.9 Å². The molecule has 4 nitrogen and oxygen atoms in total. The van der Waals surface area contributed by atoms with Gasteiger partial charge in [0.25, 0.3) is 5.91 Å². The molecule has 0 atom stereocenters. The number of aryl methyl sites for hydroxylation is 1. The number of amides is 1. The van der Waals surface area contributed by atoms with Gasteiger partial charge in [-0.3, -0.25) is 4.79 Å². The number of fused-ring (bicyclic) bond motifs is 1. The lowest BCUT2D eigenvalue weighted by molar-refractivity contribution is 0.0713. The molecule has 1 aliphatic rings. The quantitative estimate of drug-likeness (QED) is 0.735. The van der Waals surface area contributed by atoms with Crippen LogP contribution in [0.4, 0.5) is 0 Å². The molecule has 3 heterocycles. The first-order chi connectivity index (χ1) is 12.1. The number of H-pyrrole nitrogens is 1. The van der Waals surface area contributed by atoms with Crippen molar-refractivity contribution in [1.29, 1.82) is 0 Å². The van der Waals surface area contributed by atoms with Crippen molar-refractivity contribution in [2.75, 3.05) is 13.1 Å². The lowest BCUT2D eigenvalue weighted by atomic mass is 9.89. The average Bonchev–Trinajstić information content (AvgIpc) is 3.05. The third-order valence-electron chi connectivity index (χ3n) is 5.06. The first-order valence-electron chi connectivity index (χ1n) is 8.61. The molecule has 0 saturated carbocycles. The van der Waals surface area contributed by atoms with Gasteiger partial charge >= 0.3 is 0 Å². The number of hydrogen-bond acceptors (Lipinski definition) is 2. The van der Waals surface area contributed by atoms with E-state index in [0.29, 0.717) is 16.5 Å². The molecule has 0 bridgehead atoms. The Morgan fingerprint density at radius 1 is 1.28 bits per heavy atom. The fraction of sp³-hybridized carbons (Fsp3) is 0.300. The zero-order valence-electron chi connectivity index (χ0n) is 14.1. The number of carbonyl (C=O) groups excluding carboxylic acids is 1. The van der Waals surface area contributed by atoms with E-state index in [4.69, 9.17) is 11.6 Å². The number of nitrogens with one attached hydrogen (secondary N) is 1. The maximum absolute atomic E-state index is 12.8. The van der Waals surface area contributed by atoms with Crippen LogP contribution in [0.3, 0.4) is 0 Å². The molecule has 1 aliphatic heterocycles.